The fourth-order valence-electron chi connectivity index (χ4n) is 1.14. The van der Waals surface area contributed by atoms with Gasteiger partial charge in [-0.2, -0.15) is 0 Å². The maximum Gasteiger partial charge on any atom is 0.140 e. The molecule has 0 aliphatic rings. The number of halogens is 2. The number of aliphatic hydroxyl groups is 1. The van der Waals surface area contributed by atoms with Crippen molar-refractivity contribution in [2.75, 3.05) is 0 Å². The number of aliphatic hydroxyl groups excluding tert-OH is 1. The summed E-state index contributed by atoms with van der Waals surface area (Å²) >= 11 is 1.19. The Kier molecular flexibility index (Phi) is 4.74. The van der Waals surface area contributed by atoms with Crippen molar-refractivity contribution in [1.29, 1.82) is 0 Å². The highest BCUT2D eigenvalue weighted by Crippen LogP contribution is 2.32. The summed E-state index contributed by atoms with van der Waals surface area (Å²) in [6, 6.07) is 2.36. The molecule has 0 radical (unpaired) electrons. The molecule has 0 spiro atoms. The fraction of sp³-hybridized carbons (Fsp3) is 0.500. The molecule has 0 amide bonds. The Hall–Kier alpha value is -0.610. The van der Waals surface area contributed by atoms with Gasteiger partial charge in [0.2, 0.25) is 0 Å². The molecule has 4 heteroatoms. The van der Waals surface area contributed by atoms with Crippen molar-refractivity contribution < 1.29 is 13.9 Å². The van der Waals surface area contributed by atoms with Crippen LogP contribution in [0.25, 0.3) is 0 Å². The van der Waals surface area contributed by atoms with E-state index in [1.807, 2.05) is 20.8 Å². The van der Waals surface area contributed by atoms with Crippen LogP contribution in [0.3, 0.4) is 0 Å². The van der Waals surface area contributed by atoms with Crippen LogP contribution in [0, 0.1) is 17.6 Å². The minimum Gasteiger partial charge on any atom is -0.392 e. The molecule has 0 aliphatic heterocycles. The Morgan fingerprint density at radius 1 is 1.19 bits per heavy atom. The van der Waals surface area contributed by atoms with E-state index in [4.69, 9.17) is 5.11 Å². The van der Waals surface area contributed by atoms with Crippen LogP contribution in [0.15, 0.2) is 17.0 Å². The zero-order valence-electron chi connectivity index (χ0n) is 9.63. The van der Waals surface area contributed by atoms with E-state index in [2.05, 4.69) is 0 Å². The molecule has 0 aliphatic carbocycles. The predicted octanol–water partition coefficient (Wildman–Crippen LogP) is 3.59. The van der Waals surface area contributed by atoms with Gasteiger partial charge in [0.1, 0.15) is 11.6 Å². The highest BCUT2D eigenvalue weighted by molar-refractivity contribution is 8.00. The van der Waals surface area contributed by atoms with Crippen LogP contribution in [0.5, 0.6) is 0 Å². The first-order valence-corrected chi connectivity index (χ1v) is 6.09. The molecule has 0 aromatic heterocycles. The van der Waals surface area contributed by atoms with Gasteiger partial charge in [0, 0.05) is 5.25 Å². The van der Waals surface area contributed by atoms with Crippen molar-refractivity contribution in [3.8, 4) is 0 Å². The molecule has 1 unspecified atom stereocenters. The fourth-order valence-corrected chi connectivity index (χ4v) is 2.13. The average Bonchev–Trinajstić information content (AvgIpc) is 2.22. The molecular weight excluding hydrogens is 230 g/mol. The molecular formula is C12H16F2OS. The Labute approximate surface area is 98.9 Å². The Balaban J connectivity index is 2.96. The van der Waals surface area contributed by atoms with Gasteiger partial charge in [0.05, 0.1) is 11.5 Å². The van der Waals surface area contributed by atoms with E-state index in [0.717, 1.165) is 0 Å². The van der Waals surface area contributed by atoms with Gasteiger partial charge in [-0.05, 0) is 23.6 Å². The molecule has 0 saturated carbocycles. The van der Waals surface area contributed by atoms with Crippen molar-refractivity contribution >= 4 is 11.8 Å². The van der Waals surface area contributed by atoms with Gasteiger partial charge in [-0.3, -0.25) is 0 Å². The van der Waals surface area contributed by atoms with Crippen LogP contribution in [-0.4, -0.2) is 10.4 Å². The largest absolute Gasteiger partial charge is 0.392 e. The lowest BCUT2D eigenvalue weighted by Crippen LogP contribution is -2.07. The van der Waals surface area contributed by atoms with E-state index in [1.165, 1.54) is 23.9 Å². The second-order valence-corrected chi connectivity index (χ2v) is 5.50. The van der Waals surface area contributed by atoms with Gasteiger partial charge in [0.15, 0.2) is 0 Å². The van der Waals surface area contributed by atoms with Crippen molar-refractivity contribution in [2.45, 2.75) is 37.5 Å². The second kappa shape index (κ2) is 5.64. The molecule has 0 heterocycles. The van der Waals surface area contributed by atoms with Crippen molar-refractivity contribution in [2.24, 2.45) is 5.92 Å². The van der Waals surface area contributed by atoms with Crippen LogP contribution < -0.4 is 0 Å². The van der Waals surface area contributed by atoms with E-state index >= 15 is 0 Å². The van der Waals surface area contributed by atoms with Gasteiger partial charge in [-0.15, -0.1) is 11.8 Å². The first kappa shape index (κ1) is 13.5. The minimum atomic E-state index is -0.596. The lowest BCUT2D eigenvalue weighted by atomic mass is 10.2. The number of rotatable bonds is 4. The third-order valence-corrected chi connectivity index (χ3v) is 4.03. The molecule has 1 rings (SSSR count). The zero-order valence-corrected chi connectivity index (χ0v) is 10.4. The van der Waals surface area contributed by atoms with Crippen LogP contribution in [0.1, 0.15) is 26.3 Å². The summed E-state index contributed by atoms with van der Waals surface area (Å²) in [5.41, 5.74) is 0.261. The van der Waals surface area contributed by atoms with Gasteiger partial charge >= 0.3 is 0 Å². The first-order valence-electron chi connectivity index (χ1n) is 5.21. The highest BCUT2D eigenvalue weighted by atomic mass is 32.2. The summed E-state index contributed by atoms with van der Waals surface area (Å²) < 4.78 is 27.1. The van der Waals surface area contributed by atoms with Gasteiger partial charge < -0.3 is 5.11 Å². The molecule has 90 valence electrons. The maximum absolute atomic E-state index is 13.5. The standard InChI is InChI=1S/C12H16F2OS/c1-7(2)8(3)16-12-10(13)4-9(6-15)5-11(12)14/h4-5,7-8,15H,6H2,1-3H3. The number of hydrogen-bond donors (Lipinski definition) is 1. The molecule has 1 nitrogen and oxygen atoms in total. The van der Waals surface area contributed by atoms with E-state index in [9.17, 15) is 8.78 Å². The van der Waals surface area contributed by atoms with Crippen LogP contribution in [-0.2, 0) is 6.61 Å². The number of benzene rings is 1. The number of hydrogen-bond acceptors (Lipinski definition) is 2. The molecule has 0 saturated heterocycles. The van der Waals surface area contributed by atoms with Crippen molar-refractivity contribution in [3.63, 3.8) is 0 Å². The predicted molar refractivity (Wildman–Crippen MR) is 62.4 cm³/mol. The topological polar surface area (TPSA) is 20.2 Å². The van der Waals surface area contributed by atoms with Crippen molar-refractivity contribution in [1.82, 2.24) is 0 Å². The quantitative estimate of drug-likeness (QED) is 0.819. The number of thioether (sulfide) groups is 1. The van der Waals surface area contributed by atoms with Gasteiger partial charge in [0.25, 0.3) is 0 Å². The second-order valence-electron chi connectivity index (χ2n) is 4.11. The third kappa shape index (κ3) is 3.19. The summed E-state index contributed by atoms with van der Waals surface area (Å²) in [6.45, 7) is 5.61. The Bertz CT molecular complexity index is 343. The lowest BCUT2D eigenvalue weighted by molar-refractivity contribution is 0.280. The molecule has 1 atom stereocenters. The Morgan fingerprint density at radius 3 is 2.06 bits per heavy atom. The average molecular weight is 246 g/mol. The van der Waals surface area contributed by atoms with E-state index < -0.39 is 11.6 Å². The third-order valence-electron chi connectivity index (χ3n) is 2.48. The molecule has 1 N–H and O–H groups in total. The SMILES string of the molecule is CC(C)C(C)Sc1c(F)cc(CO)cc1F. The lowest BCUT2D eigenvalue weighted by Gasteiger charge is -2.16. The first-order chi connectivity index (χ1) is 7.45. The van der Waals surface area contributed by atoms with Crippen LogP contribution in [0.2, 0.25) is 0 Å². The normalized spacial score (nSPS) is 13.2. The summed E-state index contributed by atoms with van der Waals surface area (Å²) in [5.74, 6) is -0.843. The smallest absolute Gasteiger partial charge is 0.140 e. The molecule has 1 aromatic carbocycles. The van der Waals surface area contributed by atoms with E-state index in [1.54, 1.807) is 0 Å². The summed E-state index contributed by atoms with van der Waals surface area (Å²) in [4.78, 5) is 0.0402. The summed E-state index contributed by atoms with van der Waals surface area (Å²) in [6.07, 6.45) is 0. The van der Waals surface area contributed by atoms with Crippen molar-refractivity contribution in [3.05, 3.63) is 29.3 Å². The Morgan fingerprint density at radius 2 is 1.69 bits per heavy atom. The zero-order chi connectivity index (χ0) is 12.3. The highest BCUT2D eigenvalue weighted by Gasteiger charge is 2.16. The van der Waals surface area contributed by atoms with Crippen LogP contribution in [0.4, 0.5) is 8.78 Å². The van der Waals surface area contributed by atoms with E-state index in [-0.39, 0.29) is 22.3 Å². The van der Waals surface area contributed by atoms with E-state index in [0.29, 0.717) is 5.92 Å². The summed E-state index contributed by atoms with van der Waals surface area (Å²) in [7, 11) is 0. The minimum absolute atomic E-state index is 0.0402. The molecule has 0 fully saturated rings. The van der Waals surface area contributed by atoms with Crippen LogP contribution >= 0.6 is 11.8 Å². The monoisotopic (exact) mass is 246 g/mol. The molecule has 1 aromatic rings. The molecule has 0 bridgehead atoms. The maximum atomic E-state index is 13.5. The summed E-state index contributed by atoms with van der Waals surface area (Å²) in [5, 5.41) is 8.95. The van der Waals surface area contributed by atoms with Gasteiger partial charge in [-0.1, -0.05) is 20.8 Å². The van der Waals surface area contributed by atoms with Gasteiger partial charge in [-0.25, -0.2) is 8.78 Å². The molecule has 16 heavy (non-hydrogen) atoms.